The Morgan fingerprint density at radius 2 is 1.81 bits per heavy atom. The van der Waals surface area contributed by atoms with Gasteiger partial charge in [-0.15, -0.1) is 0 Å². The van der Waals surface area contributed by atoms with Gasteiger partial charge in [0.25, 0.3) is 5.56 Å². The van der Waals surface area contributed by atoms with E-state index >= 15 is 0 Å². The van der Waals surface area contributed by atoms with E-state index in [1.807, 2.05) is 12.1 Å². The van der Waals surface area contributed by atoms with Gasteiger partial charge in [0.2, 0.25) is 5.95 Å². The van der Waals surface area contributed by atoms with Crippen molar-refractivity contribution < 1.29 is 5.11 Å². The molecule has 0 aliphatic heterocycles. The second-order valence-corrected chi connectivity index (χ2v) is 6.58. The highest BCUT2D eigenvalue weighted by Gasteiger charge is 2.21. The van der Waals surface area contributed by atoms with Gasteiger partial charge in [-0.2, -0.15) is 4.98 Å². The van der Waals surface area contributed by atoms with E-state index in [0.29, 0.717) is 35.2 Å². The first kappa shape index (κ1) is 18.2. The Balaban J connectivity index is 2.29. The fraction of sp³-hybridized carbons (Fsp3) is 0.353. The fourth-order valence-corrected chi connectivity index (χ4v) is 3.02. The summed E-state index contributed by atoms with van der Waals surface area (Å²) >= 11 is 5.95. The number of benzene rings is 1. The summed E-state index contributed by atoms with van der Waals surface area (Å²) in [5.41, 5.74) is 0.739. The minimum atomic E-state index is -0.435. The molecule has 0 amide bonds. The first-order valence-electron chi connectivity index (χ1n) is 8.07. The molecule has 8 nitrogen and oxygen atoms in total. The Bertz CT molecular complexity index is 1070. The number of aliphatic hydroxyl groups is 1. The van der Waals surface area contributed by atoms with Crippen LogP contribution < -0.4 is 16.1 Å². The van der Waals surface area contributed by atoms with Crippen molar-refractivity contribution in [2.24, 2.45) is 14.1 Å². The van der Waals surface area contributed by atoms with Crippen LogP contribution in [-0.2, 0) is 20.6 Å². The van der Waals surface area contributed by atoms with Crippen molar-refractivity contribution in [1.29, 1.82) is 0 Å². The molecule has 9 heteroatoms. The number of hydrogen-bond donors (Lipinski definition) is 1. The number of anilines is 1. The second-order valence-electron chi connectivity index (χ2n) is 6.15. The van der Waals surface area contributed by atoms with Crippen LogP contribution in [0.4, 0.5) is 5.95 Å². The number of aliphatic hydroxyl groups excluding tert-OH is 1. The van der Waals surface area contributed by atoms with Crippen LogP contribution in [0.15, 0.2) is 33.9 Å². The van der Waals surface area contributed by atoms with Gasteiger partial charge in [0.15, 0.2) is 11.2 Å². The SMILES string of the molecule is CN(CCO)c1nc2c(c(=O)n(C)c(=O)n2C)n1Cc1ccc(Cl)cc1. The highest BCUT2D eigenvalue weighted by atomic mass is 35.5. The van der Waals surface area contributed by atoms with E-state index in [-0.39, 0.29) is 6.61 Å². The lowest BCUT2D eigenvalue weighted by molar-refractivity contribution is 0.303. The number of rotatable bonds is 5. The van der Waals surface area contributed by atoms with Crippen molar-refractivity contribution in [3.05, 3.63) is 55.7 Å². The zero-order valence-corrected chi connectivity index (χ0v) is 15.6. The summed E-state index contributed by atoms with van der Waals surface area (Å²) in [6.45, 7) is 0.669. The fourth-order valence-electron chi connectivity index (χ4n) is 2.90. The summed E-state index contributed by atoms with van der Waals surface area (Å²) in [6.07, 6.45) is 0. The molecule has 26 heavy (non-hydrogen) atoms. The van der Waals surface area contributed by atoms with Crippen LogP contribution >= 0.6 is 11.6 Å². The third-order valence-corrected chi connectivity index (χ3v) is 4.61. The van der Waals surface area contributed by atoms with Gasteiger partial charge in [-0.3, -0.25) is 18.5 Å². The van der Waals surface area contributed by atoms with Crippen LogP contribution in [0.3, 0.4) is 0 Å². The van der Waals surface area contributed by atoms with Crippen LogP contribution in [0, 0.1) is 0 Å². The summed E-state index contributed by atoms with van der Waals surface area (Å²) in [5, 5.41) is 9.89. The van der Waals surface area contributed by atoms with Crippen molar-refractivity contribution in [3.63, 3.8) is 0 Å². The number of fused-ring (bicyclic) bond motifs is 1. The van der Waals surface area contributed by atoms with E-state index in [9.17, 15) is 14.7 Å². The number of aromatic nitrogens is 4. The molecule has 2 heterocycles. The van der Waals surface area contributed by atoms with E-state index < -0.39 is 11.2 Å². The third kappa shape index (κ3) is 3.02. The van der Waals surface area contributed by atoms with E-state index in [4.69, 9.17) is 11.6 Å². The van der Waals surface area contributed by atoms with Crippen LogP contribution in [-0.4, -0.2) is 44.0 Å². The normalized spacial score (nSPS) is 11.3. The Labute approximate surface area is 154 Å². The maximum Gasteiger partial charge on any atom is 0.332 e. The van der Waals surface area contributed by atoms with E-state index in [1.165, 1.54) is 11.6 Å². The lowest BCUT2D eigenvalue weighted by atomic mass is 10.2. The molecule has 2 aromatic heterocycles. The minimum Gasteiger partial charge on any atom is -0.395 e. The van der Waals surface area contributed by atoms with Crippen molar-refractivity contribution in [2.75, 3.05) is 25.1 Å². The van der Waals surface area contributed by atoms with Crippen LogP contribution in [0.1, 0.15) is 5.56 Å². The monoisotopic (exact) mass is 377 g/mol. The highest BCUT2D eigenvalue weighted by Crippen LogP contribution is 2.21. The summed E-state index contributed by atoms with van der Waals surface area (Å²) < 4.78 is 4.18. The number of imidazole rings is 1. The number of likely N-dealkylation sites (N-methyl/N-ethyl adjacent to an activating group) is 1. The zero-order valence-electron chi connectivity index (χ0n) is 14.8. The van der Waals surface area contributed by atoms with Gasteiger partial charge >= 0.3 is 5.69 Å². The Hall–Kier alpha value is -2.58. The molecule has 0 atom stereocenters. The molecular weight excluding hydrogens is 358 g/mol. The predicted octanol–water partition coefficient (Wildman–Crippen LogP) is 0.564. The van der Waals surface area contributed by atoms with Gasteiger partial charge in [0.05, 0.1) is 13.2 Å². The number of nitrogens with zero attached hydrogens (tertiary/aromatic N) is 5. The van der Waals surface area contributed by atoms with Crippen molar-refractivity contribution in [2.45, 2.75) is 6.54 Å². The van der Waals surface area contributed by atoms with Gasteiger partial charge in [-0.1, -0.05) is 23.7 Å². The van der Waals surface area contributed by atoms with Crippen molar-refractivity contribution in [1.82, 2.24) is 18.7 Å². The highest BCUT2D eigenvalue weighted by molar-refractivity contribution is 6.30. The lowest BCUT2D eigenvalue weighted by Gasteiger charge is -2.18. The van der Waals surface area contributed by atoms with Gasteiger partial charge in [-0.05, 0) is 17.7 Å². The molecule has 0 saturated heterocycles. The second kappa shape index (κ2) is 6.97. The maximum atomic E-state index is 12.8. The molecule has 0 bridgehead atoms. The molecule has 3 rings (SSSR count). The smallest absolute Gasteiger partial charge is 0.332 e. The molecule has 0 spiro atoms. The van der Waals surface area contributed by atoms with Gasteiger partial charge in [0.1, 0.15) is 0 Å². The van der Waals surface area contributed by atoms with Gasteiger partial charge < -0.3 is 10.0 Å². The standard InChI is InChI=1S/C17H20ClN5O3/c1-20(8-9-24)16-19-14-13(15(25)22(3)17(26)21(14)2)23(16)10-11-4-6-12(18)7-5-11/h4-7,24H,8-10H2,1-3H3. The maximum absolute atomic E-state index is 12.8. The first-order chi connectivity index (χ1) is 12.3. The topological polar surface area (TPSA) is 85.3 Å². The quantitative estimate of drug-likeness (QED) is 0.702. The molecule has 0 aliphatic carbocycles. The Morgan fingerprint density at radius 1 is 1.15 bits per heavy atom. The van der Waals surface area contributed by atoms with Crippen molar-refractivity contribution >= 4 is 28.7 Å². The largest absolute Gasteiger partial charge is 0.395 e. The lowest BCUT2D eigenvalue weighted by Crippen LogP contribution is -2.37. The molecule has 1 N–H and O–H groups in total. The van der Waals surface area contributed by atoms with Crippen LogP contribution in [0.5, 0.6) is 0 Å². The third-order valence-electron chi connectivity index (χ3n) is 4.36. The Morgan fingerprint density at radius 3 is 2.42 bits per heavy atom. The summed E-state index contributed by atoms with van der Waals surface area (Å²) in [5.74, 6) is 0.502. The number of hydrogen-bond acceptors (Lipinski definition) is 5. The van der Waals surface area contributed by atoms with E-state index in [0.717, 1.165) is 10.1 Å². The number of aryl methyl sites for hydroxylation is 1. The van der Waals surface area contributed by atoms with Gasteiger partial charge in [-0.25, -0.2) is 4.79 Å². The van der Waals surface area contributed by atoms with Crippen LogP contribution in [0.2, 0.25) is 5.02 Å². The summed E-state index contributed by atoms with van der Waals surface area (Å²) in [7, 11) is 4.80. The Kier molecular flexibility index (Phi) is 4.88. The van der Waals surface area contributed by atoms with E-state index in [2.05, 4.69) is 4.98 Å². The summed E-state index contributed by atoms with van der Waals surface area (Å²) in [6, 6.07) is 7.30. The molecule has 0 unspecified atom stereocenters. The molecular formula is C17H20ClN5O3. The molecule has 0 radical (unpaired) electrons. The molecule has 0 fully saturated rings. The molecule has 0 aliphatic rings. The average molecular weight is 378 g/mol. The van der Waals surface area contributed by atoms with Crippen LogP contribution in [0.25, 0.3) is 11.2 Å². The predicted molar refractivity (Wildman–Crippen MR) is 101 cm³/mol. The number of halogens is 1. The minimum absolute atomic E-state index is 0.0579. The molecule has 138 valence electrons. The zero-order chi connectivity index (χ0) is 19.0. The van der Waals surface area contributed by atoms with Crippen molar-refractivity contribution in [3.8, 4) is 0 Å². The molecule has 3 aromatic rings. The van der Waals surface area contributed by atoms with Gasteiger partial charge in [0, 0.05) is 32.7 Å². The molecule has 0 saturated carbocycles. The first-order valence-corrected chi connectivity index (χ1v) is 8.45. The average Bonchev–Trinajstić information content (AvgIpc) is 3.00. The van der Waals surface area contributed by atoms with E-state index in [1.54, 1.807) is 35.7 Å². The molecule has 1 aromatic carbocycles. The summed E-state index contributed by atoms with van der Waals surface area (Å²) in [4.78, 5) is 31.2.